The third-order valence-electron chi connectivity index (χ3n) is 6.06. The molecule has 1 aliphatic rings. The fourth-order valence-electron chi connectivity index (χ4n) is 4.08. The molecule has 2 N–H and O–H groups in total. The highest BCUT2D eigenvalue weighted by Gasteiger charge is 2.56. The molecule has 42 heavy (non-hydrogen) atoms. The molecule has 1 aliphatic heterocycles. The lowest BCUT2D eigenvalue weighted by Gasteiger charge is -2.48. The van der Waals surface area contributed by atoms with Gasteiger partial charge in [-0.1, -0.05) is 29.9 Å². The van der Waals surface area contributed by atoms with Crippen molar-refractivity contribution >= 4 is 40.3 Å². The van der Waals surface area contributed by atoms with Gasteiger partial charge in [-0.25, -0.2) is 9.00 Å². The number of aryl methyl sites for hydroxylation is 1. The van der Waals surface area contributed by atoms with Crippen molar-refractivity contribution in [1.29, 1.82) is 0 Å². The van der Waals surface area contributed by atoms with Crippen molar-refractivity contribution in [2.75, 3.05) is 11.3 Å². The molecule has 15 heteroatoms. The highest BCUT2D eigenvalue weighted by Crippen LogP contribution is 2.30. The minimum Gasteiger partial charge on any atom is -0.484 e. The second-order valence-corrected chi connectivity index (χ2v) is 10.6. The topological polar surface area (TPSA) is 183 Å². The number of benzene rings is 2. The van der Waals surface area contributed by atoms with Crippen LogP contribution in [0.2, 0.25) is 0 Å². The Morgan fingerprint density at radius 2 is 1.90 bits per heavy atom. The predicted octanol–water partition coefficient (Wildman–Crippen LogP) is 2.39. The van der Waals surface area contributed by atoms with Gasteiger partial charge in [0.15, 0.2) is 23.8 Å². The van der Waals surface area contributed by atoms with Gasteiger partial charge in [0.05, 0.1) is 4.92 Å². The number of anilines is 1. The summed E-state index contributed by atoms with van der Waals surface area (Å²) in [5, 5.41) is 15.9. The van der Waals surface area contributed by atoms with Crippen LogP contribution in [0.5, 0.6) is 5.75 Å². The Kier molecular flexibility index (Phi) is 9.32. The maximum atomic E-state index is 13.5. The quantitative estimate of drug-likeness (QED) is 0.0975. The number of hydrogen-bond acceptors (Lipinski definition) is 10. The summed E-state index contributed by atoms with van der Waals surface area (Å²) in [6.45, 7) is 6.28. The SMILES string of the molecule is C=C(C)C(C(=O)OCc1ccc([N+](=O)[O-])cc1)N1C(=O)C(NC(=O)COc2ccccc2)C1S(=O)Nc1cc(C)on1. The summed E-state index contributed by atoms with van der Waals surface area (Å²) in [4.78, 5) is 50.5. The molecule has 1 aromatic heterocycles. The third kappa shape index (κ3) is 6.98. The number of nitro benzene ring substituents is 1. The van der Waals surface area contributed by atoms with Gasteiger partial charge in [-0.3, -0.25) is 24.4 Å². The van der Waals surface area contributed by atoms with Crippen LogP contribution in [0.15, 0.2) is 77.3 Å². The molecule has 2 amide bonds. The Morgan fingerprint density at radius 3 is 2.50 bits per heavy atom. The molecular formula is C27H27N5O9S. The summed E-state index contributed by atoms with van der Waals surface area (Å²) >= 11 is 0. The predicted molar refractivity (Wildman–Crippen MR) is 149 cm³/mol. The molecule has 3 aromatic rings. The van der Waals surface area contributed by atoms with Crippen LogP contribution in [0.3, 0.4) is 0 Å². The number of likely N-dealkylation sites (tertiary alicyclic amines) is 1. The molecule has 4 unspecified atom stereocenters. The lowest BCUT2D eigenvalue weighted by Crippen LogP contribution is -2.76. The molecule has 14 nitrogen and oxygen atoms in total. The number of non-ortho nitro benzene ring substituents is 1. The van der Waals surface area contributed by atoms with E-state index >= 15 is 0 Å². The van der Waals surface area contributed by atoms with Crippen molar-refractivity contribution in [3.05, 3.63) is 94.3 Å². The van der Waals surface area contributed by atoms with E-state index in [0.29, 0.717) is 17.1 Å². The van der Waals surface area contributed by atoms with Gasteiger partial charge >= 0.3 is 5.97 Å². The molecule has 220 valence electrons. The molecule has 0 radical (unpaired) electrons. The Labute approximate surface area is 242 Å². The zero-order valence-electron chi connectivity index (χ0n) is 22.6. The Bertz CT molecular complexity index is 1510. The number of carbonyl (C=O) groups is 3. The monoisotopic (exact) mass is 597 g/mol. The number of nitrogens with one attached hydrogen (secondary N) is 2. The summed E-state index contributed by atoms with van der Waals surface area (Å²) in [6, 6.07) is 12.8. The summed E-state index contributed by atoms with van der Waals surface area (Å²) < 4.78 is 31.9. The van der Waals surface area contributed by atoms with E-state index in [4.69, 9.17) is 14.0 Å². The van der Waals surface area contributed by atoms with Crippen LogP contribution in [0.25, 0.3) is 0 Å². The minimum atomic E-state index is -2.09. The van der Waals surface area contributed by atoms with Gasteiger partial charge in [0.1, 0.15) is 35.1 Å². The molecule has 2 heterocycles. The smallest absolute Gasteiger partial charge is 0.333 e. The van der Waals surface area contributed by atoms with Crippen molar-refractivity contribution < 1.29 is 37.5 Å². The van der Waals surface area contributed by atoms with Gasteiger partial charge in [0.25, 0.3) is 17.5 Å². The molecule has 0 bridgehead atoms. The molecule has 2 aromatic carbocycles. The van der Waals surface area contributed by atoms with Crippen LogP contribution >= 0.6 is 0 Å². The van der Waals surface area contributed by atoms with E-state index in [1.807, 2.05) is 0 Å². The van der Waals surface area contributed by atoms with Gasteiger partial charge in [-0.05, 0) is 49.2 Å². The first-order chi connectivity index (χ1) is 20.0. The lowest BCUT2D eigenvalue weighted by atomic mass is 9.99. The number of esters is 1. The van der Waals surface area contributed by atoms with Crippen molar-refractivity contribution in [2.24, 2.45) is 0 Å². The number of carbonyl (C=O) groups excluding carboxylic acids is 3. The largest absolute Gasteiger partial charge is 0.484 e. The number of nitrogens with zero attached hydrogens (tertiary/aromatic N) is 3. The fourth-order valence-corrected chi connectivity index (χ4v) is 5.37. The average Bonchev–Trinajstić information content (AvgIpc) is 3.38. The highest BCUT2D eigenvalue weighted by molar-refractivity contribution is 7.87. The van der Waals surface area contributed by atoms with E-state index in [2.05, 4.69) is 21.8 Å². The molecule has 1 fully saturated rings. The van der Waals surface area contributed by atoms with Gasteiger partial charge in [-0.2, -0.15) is 0 Å². The van der Waals surface area contributed by atoms with E-state index in [9.17, 15) is 28.7 Å². The van der Waals surface area contributed by atoms with Crippen LogP contribution < -0.4 is 14.8 Å². The number of aromatic nitrogens is 1. The first-order valence-corrected chi connectivity index (χ1v) is 13.7. The van der Waals surface area contributed by atoms with E-state index in [0.717, 1.165) is 4.90 Å². The number of hydrogen-bond donors (Lipinski definition) is 2. The maximum Gasteiger partial charge on any atom is 0.333 e. The standard InChI is InChI=1S/C27H27N5O9S/c1-16(2)24(27(35)40-14-18-9-11-19(12-10-18)32(36)37)31-25(34)23(26(31)42(38)30-21-13-17(3)41-29-21)28-22(33)15-39-20-7-5-4-6-8-20/h4-13,23-24,26H,1,14-15H2,2-3H3,(H,28,33)(H,29,30). The van der Waals surface area contributed by atoms with Gasteiger partial charge < -0.3 is 24.2 Å². The molecular weight excluding hydrogens is 570 g/mol. The molecule has 1 saturated heterocycles. The molecule has 0 aliphatic carbocycles. The second kappa shape index (κ2) is 13.1. The van der Waals surface area contributed by atoms with Crippen LogP contribution in [-0.4, -0.2) is 61.0 Å². The Morgan fingerprint density at radius 1 is 1.21 bits per heavy atom. The molecule has 0 saturated carbocycles. The first kappa shape index (κ1) is 29.9. The van der Waals surface area contributed by atoms with E-state index in [-0.39, 0.29) is 23.7 Å². The lowest BCUT2D eigenvalue weighted by molar-refractivity contribution is -0.384. The Hall–Kier alpha value is -5.05. The second-order valence-electron chi connectivity index (χ2n) is 9.29. The molecule has 0 spiro atoms. The summed E-state index contributed by atoms with van der Waals surface area (Å²) in [5.74, 6) is -1.21. The van der Waals surface area contributed by atoms with Gasteiger partial charge in [0.2, 0.25) is 0 Å². The fraction of sp³-hybridized carbons (Fsp3) is 0.259. The van der Waals surface area contributed by atoms with Crippen molar-refractivity contribution in [3.8, 4) is 5.75 Å². The van der Waals surface area contributed by atoms with Crippen LogP contribution in [0, 0.1) is 17.0 Å². The van der Waals surface area contributed by atoms with E-state index in [1.165, 1.54) is 37.3 Å². The Balaban J connectivity index is 1.50. The normalized spacial score (nSPS) is 17.4. The number of nitro groups is 1. The summed E-state index contributed by atoms with van der Waals surface area (Å²) in [6.07, 6.45) is 0. The number of rotatable bonds is 13. The van der Waals surface area contributed by atoms with Gasteiger partial charge in [-0.15, -0.1) is 0 Å². The van der Waals surface area contributed by atoms with E-state index < -0.39 is 57.8 Å². The molecule has 4 atom stereocenters. The van der Waals surface area contributed by atoms with Crippen molar-refractivity contribution in [3.63, 3.8) is 0 Å². The van der Waals surface area contributed by atoms with Crippen LogP contribution in [0.4, 0.5) is 11.5 Å². The number of amides is 2. The highest BCUT2D eigenvalue weighted by atomic mass is 32.2. The first-order valence-electron chi connectivity index (χ1n) is 12.5. The minimum absolute atomic E-state index is 0.121. The third-order valence-corrected chi connectivity index (χ3v) is 7.41. The number of ether oxygens (including phenoxy) is 2. The van der Waals surface area contributed by atoms with Gasteiger partial charge in [0, 0.05) is 18.2 Å². The van der Waals surface area contributed by atoms with Crippen LogP contribution in [0.1, 0.15) is 18.2 Å². The van der Waals surface area contributed by atoms with E-state index in [1.54, 1.807) is 37.3 Å². The maximum absolute atomic E-state index is 13.5. The summed E-state index contributed by atoms with van der Waals surface area (Å²) in [5.41, 5.74) is 0.558. The number of β-lactam (4-membered cyclic amide) rings is 1. The van der Waals surface area contributed by atoms with Crippen molar-refractivity contribution in [2.45, 2.75) is 37.9 Å². The summed E-state index contributed by atoms with van der Waals surface area (Å²) in [7, 11) is -2.09. The van der Waals surface area contributed by atoms with Crippen molar-refractivity contribution in [1.82, 2.24) is 15.4 Å². The average molecular weight is 598 g/mol. The zero-order valence-corrected chi connectivity index (χ0v) is 23.4. The van der Waals surface area contributed by atoms with Crippen LogP contribution in [-0.2, 0) is 36.7 Å². The molecule has 4 rings (SSSR count). The number of para-hydroxylation sites is 1. The zero-order chi connectivity index (χ0) is 30.4.